The standard InChI is InChI=1S/C9H5BrClF3O2/c10-5-3-4(1-2-6(5)11)7(8(15)16)9(12,13)14/h1-3,7H,(H,15,16). The number of halogens is 5. The number of alkyl halides is 3. The van der Waals surface area contributed by atoms with E-state index in [0.717, 1.165) is 12.1 Å². The van der Waals surface area contributed by atoms with Gasteiger partial charge in [-0.1, -0.05) is 17.7 Å². The first-order valence-electron chi connectivity index (χ1n) is 3.98. The molecule has 1 rings (SSSR count). The molecule has 1 N–H and O–H groups in total. The lowest BCUT2D eigenvalue weighted by molar-refractivity contribution is -0.176. The normalized spacial score (nSPS) is 13.6. The van der Waals surface area contributed by atoms with Crippen molar-refractivity contribution in [3.8, 4) is 0 Å². The predicted octanol–water partition coefficient (Wildman–Crippen LogP) is 3.83. The van der Waals surface area contributed by atoms with Gasteiger partial charge in [-0.2, -0.15) is 13.2 Å². The Morgan fingerprint density at radius 1 is 1.44 bits per heavy atom. The van der Waals surface area contributed by atoms with E-state index >= 15 is 0 Å². The SMILES string of the molecule is O=C(O)C(c1ccc(Cl)c(Br)c1)C(F)(F)F. The van der Waals surface area contributed by atoms with Gasteiger partial charge in [0.2, 0.25) is 0 Å². The number of hydrogen-bond acceptors (Lipinski definition) is 1. The number of aliphatic carboxylic acids is 1. The number of carboxylic acid groups (broad SMARTS) is 1. The third kappa shape index (κ3) is 2.89. The van der Waals surface area contributed by atoms with E-state index in [1.54, 1.807) is 0 Å². The molecule has 0 radical (unpaired) electrons. The van der Waals surface area contributed by atoms with E-state index < -0.39 is 18.1 Å². The molecule has 16 heavy (non-hydrogen) atoms. The van der Waals surface area contributed by atoms with E-state index in [-0.39, 0.29) is 15.1 Å². The van der Waals surface area contributed by atoms with Crippen molar-refractivity contribution in [3.05, 3.63) is 33.3 Å². The van der Waals surface area contributed by atoms with Gasteiger partial charge in [0, 0.05) is 4.47 Å². The number of carbonyl (C=O) groups is 1. The van der Waals surface area contributed by atoms with Gasteiger partial charge in [-0.3, -0.25) is 4.79 Å². The molecule has 1 aromatic rings. The Morgan fingerprint density at radius 3 is 2.38 bits per heavy atom. The Labute approximate surface area is 102 Å². The van der Waals surface area contributed by atoms with Crippen molar-refractivity contribution in [2.45, 2.75) is 12.1 Å². The molecule has 1 unspecified atom stereocenters. The van der Waals surface area contributed by atoms with Gasteiger partial charge in [-0.15, -0.1) is 0 Å². The fraction of sp³-hybridized carbons (Fsp3) is 0.222. The van der Waals surface area contributed by atoms with Gasteiger partial charge < -0.3 is 5.11 Å². The van der Waals surface area contributed by atoms with Crippen LogP contribution in [0.3, 0.4) is 0 Å². The largest absolute Gasteiger partial charge is 0.481 e. The van der Waals surface area contributed by atoms with Crippen molar-refractivity contribution < 1.29 is 23.1 Å². The van der Waals surface area contributed by atoms with E-state index in [1.165, 1.54) is 6.07 Å². The van der Waals surface area contributed by atoms with Crippen LogP contribution in [0, 0.1) is 0 Å². The zero-order valence-electron chi connectivity index (χ0n) is 7.55. The number of carboxylic acids is 1. The van der Waals surface area contributed by atoms with E-state index in [1.807, 2.05) is 0 Å². The van der Waals surface area contributed by atoms with Crippen molar-refractivity contribution in [1.29, 1.82) is 0 Å². The molecule has 0 aromatic heterocycles. The molecule has 0 bridgehead atoms. The maximum absolute atomic E-state index is 12.5. The maximum atomic E-state index is 12.5. The quantitative estimate of drug-likeness (QED) is 0.900. The molecule has 7 heteroatoms. The van der Waals surface area contributed by atoms with Gasteiger partial charge in [0.05, 0.1) is 5.02 Å². The topological polar surface area (TPSA) is 37.3 Å². The molecular weight excluding hydrogens is 312 g/mol. The highest BCUT2D eigenvalue weighted by Gasteiger charge is 2.46. The number of hydrogen-bond donors (Lipinski definition) is 1. The second kappa shape index (κ2) is 4.63. The van der Waals surface area contributed by atoms with Gasteiger partial charge >= 0.3 is 12.1 Å². The van der Waals surface area contributed by atoms with E-state index in [4.69, 9.17) is 16.7 Å². The molecule has 0 saturated carbocycles. The summed E-state index contributed by atoms with van der Waals surface area (Å²) in [7, 11) is 0. The molecule has 88 valence electrons. The zero-order valence-corrected chi connectivity index (χ0v) is 9.90. The Balaban J connectivity index is 3.22. The van der Waals surface area contributed by atoms with E-state index in [0.29, 0.717) is 0 Å². The molecule has 0 aliphatic heterocycles. The first-order valence-corrected chi connectivity index (χ1v) is 5.15. The summed E-state index contributed by atoms with van der Waals surface area (Å²) in [6.45, 7) is 0. The minimum atomic E-state index is -4.83. The Morgan fingerprint density at radius 2 is 2.00 bits per heavy atom. The molecule has 0 heterocycles. The Kier molecular flexibility index (Phi) is 3.85. The molecule has 0 aliphatic carbocycles. The highest BCUT2D eigenvalue weighted by atomic mass is 79.9. The van der Waals surface area contributed by atoms with E-state index in [9.17, 15) is 18.0 Å². The first kappa shape index (κ1) is 13.3. The lowest BCUT2D eigenvalue weighted by Gasteiger charge is -2.16. The summed E-state index contributed by atoms with van der Waals surface area (Å²) in [5.74, 6) is -4.48. The fourth-order valence-electron chi connectivity index (χ4n) is 1.16. The minimum absolute atomic E-state index is 0.218. The van der Waals surface area contributed by atoms with Gasteiger partial charge in [-0.25, -0.2) is 0 Å². The molecule has 0 spiro atoms. The van der Waals surface area contributed by atoms with E-state index in [2.05, 4.69) is 15.9 Å². The summed E-state index contributed by atoms with van der Waals surface area (Å²) in [4.78, 5) is 10.6. The molecular formula is C9H5BrClF3O2. The van der Waals surface area contributed by atoms with Gasteiger partial charge in [0.15, 0.2) is 5.92 Å². The van der Waals surface area contributed by atoms with Crippen molar-refractivity contribution in [2.75, 3.05) is 0 Å². The average Bonchev–Trinajstić information content (AvgIpc) is 2.08. The van der Waals surface area contributed by atoms with Crippen molar-refractivity contribution >= 4 is 33.5 Å². The van der Waals surface area contributed by atoms with Crippen LogP contribution in [0.1, 0.15) is 11.5 Å². The first-order chi connectivity index (χ1) is 7.23. The van der Waals surface area contributed by atoms with Crippen LogP contribution in [0.2, 0.25) is 5.02 Å². The molecule has 2 nitrogen and oxygen atoms in total. The van der Waals surface area contributed by atoms with Gasteiger partial charge in [0.25, 0.3) is 0 Å². The molecule has 0 aliphatic rings. The third-order valence-electron chi connectivity index (χ3n) is 1.85. The lowest BCUT2D eigenvalue weighted by atomic mass is 9.99. The van der Waals surface area contributed by atoms with Crippen LogP contribution < -0.4 is 0 Å². The van der Waals surface area contributed by atoms with Crippen molar-refractivity contribution in [3.63, 3.8) is 0 Å². The van der Waals surface area contributed by atoms with Gasteiger partial charge in [-0.05, 0) is 33.6 Å². The van der Waals surface area contributed by atoms with Crippen molar-refractivity contribution in [1.82, 2.24) is 0 Å². The summed E-state index contributed by atoms with van der Waals surface area (Å²) in [5.41, 5.74) is -0.365. The Bertz CT molecular complexity index is 420. The van der Waals surface area contributed by atoms with Crippen molar-refractivity contribution in [2.24, 2.45) is 0 Å². The molecule has 0 amide bonds. The molecule has 0 saturated heterocycles. The van der Waals surface area contributed by atoms with Crippen LogP contribution >= 0.6 is 27.5 Å². The summed E-state index contributed by atoms with van der Waals surface area (Å²) in [6.07, 6.45) is -4.83. The molecule has 0 fully saturated rings. The highest BCUT2D eigenvalue weighted by Crippen LogP contribution is 2.37. The lowest BCUT2D eigenvalue weighted by Crippen LogP contribution is -2.28. The predicted molar refractivity (Wildman–Crippen MR) is 55.6 cm³/mol. The monoisotopic (exact) mass is 316 g/mol. The smallest absolute Gasteiger partial charge is 0.406 e. The minimum Gasteiger partial charge on any atom is -0.481 e. The summed E-state index contributed by atoms with van der Waals surface area (Å²) < 4.78 is 37.6. The number of rotatable bonds is 2. The van der Waals surface area contributed by atoms with Crippen LogP contribution in [0.15, 0.2) is 22.7 Å². The second-order valence-corrected chi connectivity index (χ2v) is 4.25. The second-order valence-electron chi connectivity index (χ2n) is 2.99. The number of benzene rings is 1. The van der Waals surface area contributed by atoms with Crippen LogP contribution in [0.5, 0.6) is 0 Å². The van der Waals surface area contributed by atoms with Crippen LogP contribution in [0.4, 0.5) is 13.2 Å². The zero-order chi connectivity index (χ0) is 12.5. The van der Waals surface area contributed by atoms with Crippen LogP contribution in [0.25, 0.3) is 0 Å². The van der Waals surface area contributed by atoms with Gasteiger partial charge in [0.1, 0.15) is 0 Å². The van der Waals surface area contributed by atoms with Crippen LogP contribution in [-0.4, -0.2) is 17.3 Å². The average molecular weight is 317 g/mol. The Hall–Kier alpha value is -0.750. The fourth-order valence-corrected chi connectivity index (χ4v) is 1.68. The molecule has 1 aromatic carbocycles. The van der Waals surface area contributed by atoms with Crippen LogP contribution in [-0.2, 0) is 4.79 Å². The highest BCUT2D eigenvalue weighted by molar-refractivity contribution is 9.10. The third-order valence-corrected chi connectivity index (χ3v) is 3.07. The molecule has 1 atom stereocenters. The summed E-state index contributed by atoms with van der Waals surface area (Å²) in [5, 5.41) is 8.77. The summed E-state index contributed by atoms with van der Waals surface area (Å²) >= 11 is 8.54. The summed E-state index contributed by atoms with van der Waals surface area (Å²) in [6, 6.07) is 3.30. The maximum Gasteiger partial charge on any atom is 0.406 e.